The van der Waals surface area contributed by atoms with Gasteiger partial charge in [-0.15, -0.1) is 0 Å². The molecule has 3 aromatic rings. The highest BCUT2D eigenvalue weighted by Crippen LogP contribution is 2.22. The van der Waals surface area contributed by atoms with Crippen LogP contribution in [0.2, 0.25) is 0 Å². The number of aryl methyl sites for hydroxylation is 1. The van der Waals surface area contributed by atoms with Gasteiger partial charge < -0.3 is 14.2 Å². The van der Waals surface area contributed by atoms with E-state index in [9.17, 15) is 4.79 Å². The SMILES string of the molecule is Cc1ccccc1N1CCN(CC(=O)N(Cc2ccco2)c2ccccc2)CC1. The summed E-state index contributed by atoms with van der Waals surface area (Å²) in [5.41, 5.74) is 3.49. The molecule has 29 heavy (non-hydrogen) atoms. The maximum absolute atomic E-state index is 13.2. The summed E-state index contributed by atoms with van der Waals surface area (Å²) < 4.78 is 5.49. The molecule has 2 heterocycles. The molecule has 4 rings (SSSR count). The van der Waals surface area contributed by atoms with Crippen LogP contribution in [0.5, 0.6) is 0 Å². The molecular formula is C24H27N3O2. The van der Waals surface area contributed by atoms with Gasteiger partial charge in [-0.3, -0.25) is 9.69 Å². The number of hydrogen-bond acceptors (Lipinski definition) is 4. The third kappa shape index (κ3) is 4.69. The molecule has 1 aliphatic heterocycles. The summed E-state index contributed by atoms with van der Waals surface area (Å²) in [7, 11) is 0. The van der Waals surface area contributed by atoms with E-state index in [4.69, 9.17) is 4.42 Å². The van der Waals surface area contributed by atoms with E-state index in [0.29, 0.717) is 13.1 Å². The summed E-state index contributed by atoms with van der Waals surface area (Å²) in [4.78, 5) is 19.6. The van der Waals surface area contributed by atoms with Gasteiger partial charge in [0, 0.05) is 37.6 Å². The number of furan rings is 1. The van der Waals surface area contributed by atoms with Crippen molar-refractivity contribution >= 4 is 17.3 Å². The summed E-state index contributed by atoms with van der Waals surface area (Å²) >= 11 is 0. The standard InChI is InChI=1S/C24H27N3O2/c1-20-8-5-6-12-23(20)26-15-13-25(14-16-26)19-24(28)27(18-22-11-7-17-29-22)21-9-3-2-4-10-21/h2-12,17H,13-16,18-19H2,1H3. The number of benzene rings is 2. The van der Waals surface area contributed by atoms with Crippen molar-refractivity contribution in [2.75, 3.05) is 42.5 Å². The summed E-state index contributed by atoms with van der Waals surface area (Å²) in [5, 5.41) is 0. The number of hydrogen-bond donors (Lipinski definition) is 0. The molecule has 0 N–H and O–H groups in total. The van der Waals surface area contributed by atoms with Crippen molar-refractivity contribution in [2.45, 2.75) is 13.5 Å². The molecule has 0 unspecified atom stereocenters. The van der Waals surface area contributed by atoms with Gasteiger partial charge in [-0.05, 0) is 42.8 Å². The number of nitrogens with zero attached hydrogens (tertiary/aromatic N) is 3. The van der Waals surface area contributed by atoms with Crippen molar-refractivity contribution in [1.82, 2.24) is 4.90 Å². The molecule has 0 saturated carbocycles. The monoisotopic (exact) mass is 389 g/mol. The van der Waals surface area contributed by atoms with Crippen LogP contribution in [0.4, 0.5) is 11.4 Å². The van der Waals surface area contributed by atoms with E-state index in [1.807, 2.05) is 47.4 Å². The van der Waals surface area contributed by atoms with Crippen LogP contribution in [0.1, 0.15) is 11.3 Å². The Balaban J connectivity index is 1.40. The van der Waals surface area contributed by atoms with Gasteiger partial charge in [-0.1, -0.05) is 36.4 Å². The van der Waals surface area contributed by atoms with Crippen molar-refractivity contribution in [1.29, 1.82) is 0 Å². The molecule has 1 fully saturated rings. The lowest BCUT2D eigenvalue weighted by Crippen LogP contribution is -2.50. The molecule has 150 valence electrons. The third-order valence-corrected chi connectivity index (χ3v) is 5.45. The number of rotatable bonds is 6. The Morgan fingerprint density at radius 2 is 1.66 bits per heavy atom. The second-order valence-electron chi connectivity index (χ2n) is 7.44. The van der Waals surface area contributed by atoms with Crippen LogP contribution in [-0.2, 0) is 11.3 Å². The van der Waals surface area contributed by atoms with Crippen LogP contribution in [-0.4, -0.2) is 43.5 Å². The summed E-state index contributed by atoms with van der Waals surface area (Å²) in [6.45, 7) is 6.63. The van der Waals surface area contributed by atoms with E-state index in [-0.39, 0.29) is 5.91 Å². The van der Waals surface area contributed by atoms with Gasteiger partial charge in [0.1, 0.15) is 5.76 Å². The zero-order chi connectivity index (χ0) is 20.1. The minimum absolute atomic E-state index is 0.0944. The normalized spacial score (nSPS) is 14.7. The second kappa shape index (κ2) is 8.97. The first kappa shape index (κ1) is 19.3. The molecule has 0 aliphatic carbocycles. The molecule has 5 nitrogen and oxygen atoms in total. The summed E-state index contributed by atoms with van der Waals surface area (Å²) in [6.07, 6.45) is 1.65. The minimum Gasteiger partial charge on any atom is -0.467 e. The quantitative estimate of drug-likeness (QED) is 0.640. The maximum atomic E-state index is 13.2. The number of carbonyl (C=O) groups excluding carboxylic acids is 1. The molecular weight excluding hydrogens is 362 g/mol. The van der Waals surface area contributed by atoms with Crippen LogP contribution < -0.4 is 9.80 Å². The van der Waals surface area contributed by atoms with E-state index in [2.05, 4.69) is 41.0 Å². The molecule has 1 amide bonds. The smallest absolute Gasteiger partial charge is 0.241 e. The molecule has 1 aliphatic rings. The van der Waals surface area contributed by atoms with Gasteiger partial charge in [0.15, 0.2) is 0 Å². The lowest BCUT2D eigenvalue weighted by molar-refractivity contribution is -0.120. The number of para-hydroxylation sites is 2. The van der Waals surface area contributed by atoms with Crippen molar-refractivity contribution < 1.29 is 9.21 Å². The molecule has 0 radical (unpaired) electrons. The third-order valence-electron chi connectivity index (χ3n) is 5.45. The molecule has 1 saturated heterocycles. The molecule has 2 aromatic carbocycles. The number of carbonyl (C=O) groups is 1. The Morgan fingerprint density at radius 3 is 2.34 bits per heavy atom. The van der Waals surface area contributed by atoms with Crippen molar-refractivity contribution in [3.8, 4) is 0 Å². The Labute approximate surface area is 172 Å². The fourth-order valence-electron chi connectivity index (χ4n) is 3.83. The van der Waals surface area contributed by atoms with E-state index < -0.39 is 0 Å². The van der Waals surface area contributed by atoms with E-state index >= 15 is 0 Å². The molecule has 0 atom stereocenters. The van der Waals surface area contributed by atoms with Gasteiger partial charge >= 0.3 is 0 Å². The van der Waals surface area contributed by atoms with Gasteiger partial charge in [-0.25, -0.2) is 0 Å². The zero-order valence-corrected chi connectivity index (χ0v) is 16.8. The van der Waals surface area contributed by atoms with E-state index in [1.54, 1.807) is 6.26 Å². The van der Waals surface area contributed by atoms with Crippen molar-refractivity contribution in [3.63, 3.8) is 0 Å². The predicted octanol–water partition coefficient (Wildman–Crippen LogP) is 3.94. The number of amides is 1. The van der Waals surface area contributed by atoms with Crippen molar-refractivity contribution in [2.24, 2.45) is 0 Å². The van der Waals surface area contributed by atoms with Crippen LogP contribution >= 0.6 is 0 Å². The largest absolute Gasteiger partial charge is 0.467 e. The molecule has 0 spiro atoms. The molecule has 1 aromatic heterocycles. The highest BCUT2D eigenvalue weighted by atomic mass is 16.3. The topological polar surface area (TPSA) is 39.9 Å². The summed E-state index contributed by atoms with van der Waals surface area (Å²) in [5.74, 6) is 0.878. The maximum Gasteiger partial charge on any atom is 0.241 e. The average Bonchev–Trinajstić information content (AvgIpc) is 3.27. The highest BCUT2D eigenvalue weighted by Gasteiger charge is 2.24. The number of piperazine rings is 1. The number of anilines is 2. The first-order valence-corrected chi connectivity index (χ1v) is 10.1. The van der Waals surface area contributed by atoms with E-state index in [0.717, 1.165) is 37.6 Å². The van der Waals surface area contributed by atoms with E-state index in [1.165, 1.54) is 11.3 Å². The Kier molecular flexibility index (Phi) is 5.96. The Bertz CT molecular complexity index is 916. The second-order valence-corrected chi connectivity index (χ2v) is 7.44. The fraction of sp³-hybridized carbons (Fsp3) is 0.292. The van der Waals surface area contributed by atoms with Gasteiger partial charge in [0.05, 0.1) is 19.4 Å². The first-order chi connectivity index (χ1) is 14.2. The van der Waals surface area contributed by atoms with Crippen LogP contribution in [0.25, 0.3) is 0 Å². The molecule has 0 bridgehead atoms. The predicted molar refractivity (Wildman–Crippen MR) is 116 cm³/mol. The lowest BCUT2D eigenvalue weighted by Gasteiger charge is -2.37. The minimum atomic E-state index is 0.0944. The van der Waals surface area contributed by atoms with Crippen LogP contribution in [0.3, 0.4) is 0 Å². The Hall–Kier alpha value is -3.05. The molecule has 5 heteroatoms. The lowest BCUT2D eigenvalue weighted by atomic mass is 10.1. The van der Waals surface area contributed by atoms with Gasteiger partial charge in [-0.2, -0.15) is 0 Å². The average molecular weight is 389 g/mol. The van der Waals surface area contributed by atoms with Crippen LogP contribution in [0, 0.1) is 6.92 Å². The van der Waals surface area contributed by atoms with Gasteiger partial charge in [0.2, 0.25) is 5.91 Å². The van der Waals surface area contributed by atoms with Gasteiger partial charge in [0.25, 0.3) is 0 Å². The Morgan fingerprint density at radius 1 is 0.931 bits per heavy atom. The fourth-order valence-corrected chi connectivity index (χ4v) is 3.83. The van der Waals surface area contributed by atoms with Crippen molar-refractivity contribution in [3.05, 3.63) is 84.3 Å². The highest BCUT2D eigenvalue weighted by molar-refractivity contribution is 5.94. The van der Waals surface area contributed by atoms with Crippen LogP contribution in [0.15, 0.2) is 77.4 Å². The zero-order valence-electron chi connectivity index (χ0n) is 16.8. The summed E-state index contributed by atoms with van der Waals surface area (Å²) in [6, 6.07) is 22.1. The first-order valence-electron chi connectivity index (χ1n) is 10.1.